The van der Waals surface area contributed by atoms with Crippen molar-refractivity contribution in [2.45, 2.75) is 37.0 Å². The molecule has 1 aromatic carbocycles. The fourth-order valence-electron chi connectivity index (χ4n) is 3.24. The van der Waals surface area contributed by atoms with Crippen molar-refractivity contribution in [2.75, 3.05) is 26.5 Å². The Morgan fingerprint density at radius 1 is 1.39 bits per heavy atom. The quantitative estimate of drug-likeness (QED) is 0.714. The molecule has 0 unspecified atom stereocenters. The van der Waals surface area contributed by atoms with E-state index in [1.165, 1.54) is 6.26 Å². The van der Waals surface area contributed by atoms with Gasteiger partial charge in [-0.15, -0.1) is 0 Å². The molecule has 0 heterocycles. The highest BCUT2D eigenvalue weighted by Crippen LogP contribution is 2.28. The first kappa shape index (κ1) is 17.8. The maximum absolute atomic E-state index is 11.8. The van der Waals surface area contributed by atoms with Gasteiger partial charge in [0.2, 0.25) is 0 Å². The predicted molar refractivity (Wildman–Crippen MR) is 90.2 cm³/mol. The van der Waals surface area contributed by atoms with Crippen LogP contribution in [0.25, 0.3) is 0 Å². The van der Waals surface area contributed by atoms with Gasteiger partial charge in [0.15, 0.2) is 9.84 Å². The van der Waals surface area contributed by atoms with Crippen LogP contribution >= 0.6 is 0 Å². The van der Waals surface area contributed by atoms with E-state index in [0.29, 0.717) is 17.9 Å². The summed E-state index contributed by atoms with van der Waals surface area (Å²) in [4.78, 5) is 2.15. The summed E-state index contributed by atoms with van der Waals surface area (Å²) in [5, 5.41) is 8.62. The van der Waals surface area contributed by atoms with E-state index >= 15 is 0 Å². The Labute approximate surface area is 138 Å². The zero-order valence-corrected chi connectivity index (χ0v) is 14.6. The fraction of sp³-hybridized carbons (Fsp3) is 0.588. The third-order valence-corrected chi connectivity index (χ3v) is 6.07. The van der Waals surface area contributed by atoms with Gasteiger partial charge in [0.25, 0.3) is 0 Å². The molecule has 0 bridgehead atoms. The van der Waals surface area contributed by atoms with E-state index in [4.69, 9.17) is 10.00 Å². The molecule has 1 fully saturated rings. The summed E-state index contributed by atoms with van der Waals surface area (Å²) in [6.45, 7) is 1.35. The summed E-state index contributed by atoms with van der Waals surface area (Å²) in [5.41, 5.74) is 0.585. The molecular weight excluding hydrogens is 312 g/mol. The number of hydrogen-bond acceptors (Lipinski definition) is 5. The molecular formula is C17H24N2O3S. The second-order valence-corrected chi connectivity index (χ2v) is 8.45. The molecule has 1 aromatic rings. The number of nitriles is 1. The Bertz CT molecular complexity index is 667. The summed E-state index contributed by atoms with van der Waals surface area (Å²) in [6, 6.07) is 9.30. The van der Waals surface area contributed by atoms with Crippen LogP contribution in [-0.4, -0.2) is 51.1 Å². The lowest BCUT2D eigenvalue weighted by Crippen LogP contribution is -2.42. The zero-order chi connectivity index (χ0) is 16.9. The van der Waals surface area contributed by atoms with Crippen molar-refractivity contribution in [1.29, 1.82) is 5.26 Å². The number of rotatable bonds is 7. The highest BCUT2D eigenvalue weighted by molar-refractivity contribution is 7.91. The van der Waals surface area contributed by atoms with Crippen molar-refractivity contribution in [1.82, 2.24) is 4.90 Å². The largest absolute Gasteiger partial charge is 0.494 e. The van der Waals surface area contributed by atoms with Crippen molar-refractivity contribution in [3.05, 3.63) is 29.8 Å². The molecule has 0 radical (unpaired) electrons. The molecule has 1 aliphatic carbocycles. The van der Waals surface area contributed by atoms with Crippen LogP contribution in [0.4, 0.5) is 0 Å². The normalized spacial score (nSPS) is 21.3. The minimum atomic E-state index is -2.98. The van der Waals surface area contributed by atoms with Crippen LogP contribution in [0.5, 0.6) is 5.75 Å². The van der Waals surface area contributed by atoms with Crippen LogP contribution in [-0.2, 0) is 9.84 Å². The Morgan fingerprint density at radius 3 is 2.87 bits per heavy atom. The summed E-state index contributed by atoms with van der Waals surface area (Å²) in [6.07, 6.45) is 4.85. The SMILES string of the molecule is CN(CCCOc1cccc(C#N)c1)[C@@H]1CCC[C@@H]1S(C)(=O)=O. The Morgan fingerprint density at radius 2 is 2.17 bits per heavy atom. The first-order chi connectivity index (χ1) is 10.9. The maximum atomic E-state index is 11.8. The number of sulfone groups is 1. The highest BCUT2D eigenvalue weighted by atomic mass is 32.2. The van der Waals surface area contributed by atoms with Crippen molar-refractivity contribution in [3.63, 3.8) is 0 Å². The first-order valence-electron chi connectivity index (χ1n) is 7.94. The Kier molecular flexibility index (Phi) is 6.03. The van der Waals surface area contributed by atoms with Gasteiger partial charge in [0.1, 0.15) is 5.75 Å². The van der Waals surface area contributed by atoms with Gasteiger partial charge < -0.3 is 9.64 Å². The van der Waals surface area contributed by atoms with E-state index in [1.54, 1.807) is 18.2 Å². The maximum Gasteiger partial charge on any atom is 0.151 e. The molecule has 2 rings (SSSR count). The predicted octanol–water partition coefficient (Wildman–Crippen LogP) is 2.22. The molecule has 0 saturated heterocycles. The molecule has 126 valence electrons. The van der Waals surface area contributed by atoms with Gasteiger partial charge in [0, 0.05) is 18.8 Å². The monoisotopic (exact) mass is 336 g/mol. The van der Waals surface area contributed by atoms with E-state index in [9.17, 15) is 8.42 Å². The Balaban J connectivity index is 1.78. The second kappa shape index (κ2) is 7.80. The van der Waals surface area contributed by atoms with Gasteiger partial charge in [-0.25, -0.2) is 8.42 Å². The van der Waals surface area contributed by atoms with Gasteiger partial charge in [0.05, 0.1) is 23.5 Å². The number of benzene rings is 1. The summed E-state index contributed by atoms with van der Waals surface area (Å²) >= 11 is 0. The molecule has 1 saturated carbocycles. The minimum Gasteiger partial charge on any atom is -0.494 e. The van der Waals surface area contributed by atoms with Gasteiger partial charge in [-0.2, -0.15) is 5.26 Å². The van der Waals surface area contributed by atoms with Crippen LogP contribution in [0.15, 0.2) is 24.3 Å². The van der Waals surface area contributed by atoms with E-state index in [1.807, 2.05) is 13.1 Å². The van der Waals surface area contributed by atoms with Crippen LogP contribution in [0.2, 0.25) is 0 Å². The molecule has 0 aromatic heterocycles. The Hall–Kier alpha value is -1.58. The van der Waals surface area contributed by atoms with Crippen LogP contribution in [0, 0.1) is 11.3 Å². The number of nitrogens with zero attached hydrogens (tertiary/aromatic N) is 2. The van der Waals surface area contributed by atoms with Crippen molar-refractivity contribution < 1.29 is 13.2 Å². The molecule has 0 N–H and O–H groups in total. The van der Waals surface area contributed by atoms with Gasteiger partial charge in [-0.3, -0.25) is 0 Å². The van der Waals surface area contributed by atoms with E-state index in [2.05, 4.69) is 11.0 Å². The smallest absolute Gasteiger partial charge is 0.151 e. The van der Waals surface area contributed by atoms with Crippen LogP contribution in [0.3, 0.4) is 0 Å². The fourth-order valence-corrected chi connectivity index (χ4v) is 4.74. The summed E-state index contributed by atoms with van der Waals surface area (Å²) in [5.74, 6) is 0.696. The van der Waals surface area contributed by atoms with Crippen molar-refractivity contribution in [3.8, 4) is 11.8 Å². The van der Waals surface area contributed by atoms with Crippen LogP contribution < -0.4 is 4.74 Å². The van der Waals surface area contributed by atoms with Crippen LogP contribution in [0.1, 0.15) is 31.2 Å². The molecule has 2 atom stereocenters. The molecule has 23 heavy (non-hydrogen) atoms. The number of ether oxygens (including phenoxy) is 1. The third kappa shape index (κ3) is 4.95. The van der Waals surface area contributed by atoms with E-state index < -0.39 is 9.84 Å². The van der Waals surface area contributed by atoms with E-state index in [-0.39, 0.29) is 11.3 Å². The molecule has 5 nitrogen and oxygen atoms in total. The lowest BCUT2D eigenvalue weighted by Gasteiger charge is -2.28. The molecule has 0 amide bonds. The number of hydrogen-bond donors (Lipinski definition) is 0. The molecule has 0 aliphatic heterocycles. The standard InChI is InChI=1S/C17H24N2O3S/c1-19(16-8-4-9-17(16)23(2,20)21)10-5-11-22-15-7-3-6-14(12-15)13-18/h3,6-7,12,16-17H,4-5,8-11H2,1-2H3/t16-,17+/m1/s1. The van der Waals surface area contributed by atoms with Gasteiger partial charge >= 0.3 is 0 Å². The first-order valence-corrected chi connectivity index (χ1v) is 9.89. The lowest BCUT2D eigenvalue weighted by atomic mass is 10.2. The second-order valence-electron chi connectivity index (χ2n) is 6.19. The molecule has 6 heteroatoms. The van der Waals surface area contributed by atoms with Gasteiger partial charge in [-0.05, 0) is 44.5 Å². The average molecular weight is 336 g/mol. The van der Waals surface area contributed by atoms with E-state index in [0.717, 1.165) is 32.2 Å². The van der Waals surface area contributed by atoms with Crippen molar-refractivity contribution in [2.24, 2.45) is 0 Å². The molecule has 1 aliphatic rings. The van der Waals surface area contributed by atoms with Gasteiger partial charge in [-0.1, -0.05) is 12.5 Å². The lowest BCUT2D eigenvalue weighted by molar-refractivity contribution is 0.217. The summed E-state index contributed by atoms with van der Waals surface area (Å²) < 4.78 is 29.4. The topological polar surface area (TPSA) is 70.4 Å². The van der Waals surface area contributed by atoms with Crippen molar-refractivity contribution >= 4 is 9.84 Å². The zero-order valence-electron chi connectivity index (χ0n) is 13.7. The summed E-state index contributed by atoms with van der Waals surface area (Å²) in [7, 11) is -0.991. The minimum absolute atomic E-state index is 0.118. The third-order valence-electron chi connectivity index (χ3n) is 4.42. The average Bonchev–Trinajstić information content (AvgIpc) is 3.01. The highest BCUT2D eigenvalue weighted by Gasteiger charge is 2.36. The molecule has 0 spiro atoms.